The second-order valence-electron chi connectivity index (χ2n) is 4.32. The summed E-state index contributed by atoms with van der Waals surface area (Å²) in [7, 11) is 0. The minimum atomic E-state index is -0.298. The molecule has 0 aliphatic heterocycles. The smallest absolute Gasteiger partial charge is 0.141 e. The zero-order valence-corrected chi connectivity index (χ0v) is 12.2. The summed E-state index contributed by atoms with van der Waals surface area (Å²) in [6.07, 6.45) is 0.807. The lowest BCUT2D eigenvalue weighted by Crippen LogP contribution is -2.03. The summed E-state index contributed by atoms with van der Waals surface area (Å²) in [4.78, 5) is 0. The van der Waals surface area contributed by atoms with Crippen LogP contribution in [0.3, 0.4) is 0 Å². The molecule has 0 aliphatic carbocycles. The van der Waals surface area contributed by atoms with Crippen molar-refractivity contribution in [3.05, 3.63) is 57.8 Å². The van der Waals surface area contributed by atoms with Crippen LogP contribution in [0.5, 0.6) is 11.5 Å². The van der Waals surface area contributed by atoms with E-state index in [1.165, 1.54) is 12.1 Å². The lowest BCUT2D eigenvalue weighted by Gasteiger charge is -2.12. The normalized spacial score (nSPS) is 10.5. The molecule has 0 aliphatic rings. The molecule has 2 aromatic carbocycles. The monoisotopic (exact) mass is 323 g/mol. The summed E-state index contributed by atoms with van der Waals surface area (Å²) in [6, 6.07) is 10.4. The number of ether oxygens (including phenoxy) is 1. The molecular formula is C15H15BrFNO. The van der Waals surface area contributed by atoms with Crippen LogP contribution >= 0.6 is 15.9 Å². The SMILES string of the molecule is Cc1ccc(CCN)cc1Oc1ccc(F)cc1Br. The van der Waals surface area contributed by atoms with Crippen molar-refractivity contribution in [1.82, 2.24) is 0 Å². The predicted octanol–water partition coefficient (Wildman–Crippen LogP) is 4.19. The molecule has 0 fully saturated rings. The Morgan fingerprint density at radius 1 is 1.16 bits per heavy atom. The quantitative estimate of drug-likeness (QED) is 0.915. The van der Waals surface area contributed by atoms with Gasteiger partial charge in [0.05, 0.1) is 4.47 Å². The fourth-order valence-corrected chi connectivity index (χ4v) is 2.18. The van der Waals surface area contributed by atoms with Crippen LogP contribution in [-0.4, -0.2) is 6.54 Å². The highest BCUT2D eigenvalue weighted by Crippen LogP contribution is 2.32. The highest BCUT2D eigenvalue weighted by atomic mass is 79.9. The molecule has 2 rings (SSSR count). The first-order valence-corrected chi connectivity index (χ1v) is 6.82. The molecule has 0 saturated heterocycles. The van der Waals surface area contributed by atoms with Gasteiger partial charge in [0.15, 0.2) is 0 Å². The van der Waals surface area contributed by atoms with E-state index in [9.17, 15) is 4.39 Å². The van der Waals surface area contributed by atoms with E-state index in [2.05, 4.69) is 15.9 Å². The van der Waals surface area contributed by atoms with Gasteiger partial charge in [0.25, 0.3) is 0 Å². The van der Waals surface area contributed by atoms with E-state index in [0.29, 0.717) is 16.8 Å². The maximum Gasteiger partial charge on any atom is 0.141 e. The van der Waals surface area contributed by atoms with Gasteiger partial charge in [-0.2, -0.15) is 0 Å². The fraction of sp³-hybridized carbons (Fsp3) is 0.200. The Labute approximate surface area is 120 Å². The standard InChI is InChI=1S/C15H15BrFNO/c1-10-2-3-11(6-7-18)8-15(10)19-14-5-4-12(17)9-13(14)16/h2-5,8-9H,6-7,18H2,1H3. The number of rotatable bonds is 4. The molecule has 2 N–H and O–H groups in total. The van der Waals surface area contributed by atoms with E-state index in [-0.39, 0.29) is 5.82 Å². The van der Waals surface area contributed by atoms with E-state index >= 15 is 0 Å². The van der Waals surface area contributed by atoms with Crippen molar-refractivity contribution in [3.63, 3.8) is 0 Å². The van der Waals surface area contributed by atoms with Gasteiger partial charge >= 0.3 is 0 Å². The van der Waals surface area contributed by atoms with Gasteiger partial charge in [-0.25, -0.2) is 4.39 Å². The van der Waals surface area contributed by atoms with Gasteiger partial charge in [-0.05, 0) is 71.2 Å². The summed E-state index contributed by atoms with van der Waals surface area (Å²) < 4.78 is 19.5. The zero-order chi connectivity index (χ0) is 13.8. The minimum absolute atomic E-state index is 0.298. The fourth-order valence-electron chi connectivity index (χ4n) is 1.75. The molecule has 19 heavy (non-hydrogen) atoms. The topological polar surface area (TPSA) is 35.2 Å². The largest absolute Gasteiger partial charge is 0.456 e. The molecule has 0 spiro atoms. The molecule has 0 saturated carbocycles. The number of halogens is 2. The van der Waals surface area contributed by atoms with Crippen molar-refractivity contribution in [2.75, 3.05) is 6.54 Å². The molecule has 0 amide bonds. The van der Waals surface area contributed by atoms with Crippen LogP contribution in [0.15, 0.2) is 40.9 Å². The zero-order valence-electron chi connectivity index (χ0n) is 10.6. The molecule has 0 atom stereocenters. The van der Waals surface area contributed by atoms with Gasteiger partial charge < -0.3 is 10.5 Å². The first kappa shape index (κ1) is 14.0. The molecular weight excluding hydrogens is 309 g/mol. The van der Waals surface area contributed by atoms with Gasteiger partial charge in [0.2, 0.25) is 0 Å². The number of benzene rings is 2. The molecule has 2 aromatic rings. The van der Waals surface area contributed by atoms with Crippen LogP contribution in [0.4, 0.5) is 4.39 Å². The minimum Gasteiger partial charge on any atom is -0.456 e. The van der Waals surface area contributed by atoms with Gasteiger partial charge in [-0.1, -0.05) is 12.1 Å². The van der Waals surface area contributed by atoms with Crippen molar-refractivity contribution in [2.24, 2.45) is 5.73 Å². The summed E-state index contributed by atoms with van der Waals surface area (Å²) in [5.74, 6) is 1.06. The van der Waals surface area contributed by atoms with Crippen LogP contribution < -0.4 is 10.5 Å². The second-order valence-corrected chi connectivity index (χ2v) is 5.17. The molecule has 0 bridgehead atoms. The second kappa shape index (κ2) is 6.17. The molecule has 4 heteroatoms. The Kier molecular flexibility index (Phi) is 4.56. The van der Waals surface area contributed by atoms with Gasteiger partial charge in [-0.15, -0.1) is 0 Å². The lowest BCUT2D eigenvalue weighted by atomic mass is 10.1. The third kappa shape index (κ3) is 3.55. The number of nitrogens with two attached hydrogens (primary N) is 1. The number of hydrogen-bond donors (Lipinski definition) is 1. The van der Waals surface area contributed by atoms with E-state index in [4.69, 9.17) is 10.5 Å². The van der Waals surface area contributed by atoms with E-state index in [1.807, 2.05) is 25.1 Å². The van der Waals surface area contributed by atoms with Crippen molar-refractivity contribution in [3.8, 4) is 11.5 Å². The lowest BCUT2D eigenvalue weighted by molar-refractivity contribution is 0.473. The van der Waals surface area contributed by atoms with Crippen molar-refractivity contribution in [2.45, 2.75) is 13.3 Å². The number of hydrogen-bond acceptors (Lipinski definition) is 2. The van der Waals surface area contributed by atoms with Crippen LogP contribution in [0.25, 0.3) is 0 Å². The number of aryl methyl sites for hydroxylation is 1. The van der Waals surface area contributed by atoms with Gasteiger partial charge in [-0.3, -0.25) is 0 Å². The molecule has 0 unspecified atom stereocenters. The van der Waals surface area contributed by atoms with Crippen molar-refractivity contribution >= 4 is 15.9 Å². The Bertz CT molecular complexity index is 586. The third-order valence-corrected chi connectivity index (χ3v) is 3.42. The van der Waals surface area contributed by atoms with E-state index < -0.39 is 0 Å². The van der Waals surface area contributed by atoms with Crippen LogP contribution in [-0.2, 0) is 6.42 Å². The first-order chi connectivity index (χ1) is 9.10. The molecule has 100 valence electrons. The van der Waals surface area contributed by atoms with E-state index in [0.717, 1.165) is 23.3 Å². The van der Waals surface area contributed by atoms with Crippen LogP contribution in [0, 0.1) is 12.7 Å². The van der Waals surface area contributed by atoms with E-state index in [1.54, 1.807) is 6.07 Å². The maximum atomic E-state index is 13.0. The Balaban J connectivity index is 2.29. The highest BCUT2D eigenvalue weighted by molar-refractivity contribution is 9.10. The highest BCUT2D eigenvalue weighted by Gasteiger charge is 2.07. The predicted molar refractivity (Wildman–Crippen MR) is 78.1 cm³/mol. The average Bonchev–Trinajstić information content (AvgIpc) is 2.37. The molecule has 0 aromatic heterocycles. The van der Waals surface area contributed by atoms with Gasteiger partial charge in [0, 0.05) is 0 Å². The summed E-state index contributed by atoms with van der Waals surface area (Å²) in [6.45, 7) is 2.57. The molecule has 0 heterocycles. The Hall–Kier alpha value is -1.39. The molecule has 2 nitrogen and oxygen atoms in total. The molecule has 0 radical (unpaired) electrons. The summed E-state index contributed by atoms with van der Waals surface area (Å²) >= 11 is 3.29. The summed E-state index contributed by atoms with van der Waals surface area (Å²) in [5.41, 5.74) is 7.70. The van der Waals surface area contributed by atoms with Gasteiger partial charge in [0.1, 0.15) is 17.3 Å². The Morgan fingerprint density at radius 3 is 2.63 bits per heavy atom. The van der Waals surface area contributed by atoms with Crippen molar-refractivity contribution < 1.29 is 9.13 Å². The third-order valence-electron chi connectivity index (χ3n) is 2.80. The maximum absolute atomic E-state index is 13.0. The first-order valence-electron chi connectivity index (χ1n) is 6.02. The van der Waals surface area contributed by atoms with Crippen LogP contribution in [0.2, 0.25) is 0 Å². The summed E-state index contributed by atoms with van der Waals surface area (Å²) in [5, 5.41) is 0. The van der Waals surface area contributed by atoms with Crippen LogP contribution in [0.1, 0.15) is 11.1 Å². The Morgan fingerprint density at radius 2 is 1.95 bits per heavy atom. The average molecular weight is 324 g/mol. The van der Waals surface area contributed by atoms with Crippen molar-refractivity contribution in [1.29, 1.82) is 0 Å².